The summed E-state index contributed by atoms with van der Waals surface area (Å²) in [6, 6.07) is 6.85. The number of carbonyl (C=O) groups is 1. The molecule has 2 N–H and O–H groups in total. The lowest BCUT2D eigenvalue weighted by molar-refractivity contribution is -0.120. The van der Waals surface area contributed by atoms with Crippen LogP contribution in [0.4, 0.5) is 0 Å². The molecule has 1 aliphatic heterocycles. The Morgan fingerprint density at radius 1 is 1.45 bits per heavy atom. The monoisotopic (exact) mass is 279 g/mol. The van der Waals surface area contributed by atoms with Gasteiger partial charge in [0.05, 0.1) is 26.2 Å². The molecule has 1 heterocycles. The molecule has 1 aromatic carbocycles. The first-order valence-electron chi connectivity index (χ1n) is 6.95. The zero-order chi connectivity index (χ0) is 14.2. The van der Waals surface area contributed by atoms with Crippen LogP contribution in [-0.4, -0.2) is 44.0 Å². The van der Waals surface area contributed by atoms with Crippen molar-refractivity contribution in [1.82, 2.24) is 5.32 Å². The summed E-state index contributed by atoms with van der Waals surface area (Å²) in [5.74, 6) is 0.534. The summed E-state index contributed by atoms with van der Waals surface area (Å²) in [5, 5.41) is 12.4. The molecule has 0 bridgehead atoms. The van der Waals surface area contributed by atoms with Crippen LogP contribution in [0.1, 0.15) is 12.0 Å². The van der Waals surface area contributed by atoms with Gasteiger partial charge in [-0.05, 0) is 12.5 Å². The van der Waals surface area contributed by atoms with Crippen molar-refractivity contribution in [2.75, 3.05) is 33.0 Å². The molecule has 1 saturated heterocycles. The van der Waals surface area contributed by atoms with E-state index in [9.17, 15) is 9.90 Å². The first-order chi connectivity index (χ1) is 9.75. The fourth-order valence-corrected chi connectivity index (χ4v) is 2.12. The first kappa shape index (κ1) is 14.8. The third-order valence-electron chi connectivity index (χ3n) is 3.29. The third kappa shape index (κ3) is 4.83. The van der Waals surface area contributed by atoms with Crippen molar-refractivity contribution in [1.29, 1.82) is 0 Å². The molecule has 2 rings (SSSR count). The fourth-order valence-electron chi connectivity index (χ4n) is 2.12. The van der Waals surface area contributed by atoms with Crippen LogP contribution >= 0.6 is 0 Å². The highest BCUT2D eigenvalue weighted by Crippen LogP contribution is 2.15. The van der Waals surface area contributed by atoms with Crippen LogP contribution in [0.15, 0.2) is 24.3 Å². The van der Waals surface area contributed by atoms with Gasteiger partial charge in [-0.15, -0.1) is 0 Å². The number of para-hydroxylation sites is 1. The highest BCUT2D eigenvalue weighted by Gasteiger charge is 2.15. The minimum atomic E-state index is -0.112. The van der Waals surface area contributed by atoms with Crippen LogP contribution in [0, 0.1) is 5.92 Å². The van der Waals surface area contributed by atoms with Gasteiger partial charge < -0.3 is 19.9 Å². The number of hydrogen-bond donors (Lipinski definition) is 2. The van der Waals surface area contributed by atoms with Gasteiger partial charge in [-0.25, -0.2) is 0 Å². The third-order valence-corrected chi connectivity index (χ3v) is 3.29. The van der Waals surface area contributed by atoms with Crippen LogP contribution in [0.25, 0.3) is 0 Å². The summed E-state index contributed by atoms with van der Waals surface area (Å²) in [4.78, 5) is 11.7. The summed E-state index contributed by atoms with van der Waals surface area (Å²) >= 11 is 0. The van der Waals surface area contributed by atoms with E-state index < -0.39 is 0 Å². The summed E-state index contributed by atoms with van der Waals surface area (Å²) in [5.41, 5.74) is 0.633. The maximum atomic E-state index is 11.7. The molecule has 1 fully saturated rings. The number of carbonyl (C=O) groups excluding carboxylic acids is 1. The van der Waals surface area contributed by atoms with Crippen molar-refractivity contribution >= 4 is 5.91 Å². The lowest BCUT2D eigenvalue weighted by Crippen LogP contribution is -2.29. The fraction of sp³-hybridized carbons (Fsp3) is 0.533. The molecule has 0 saturated carbocycles. The average molecular weight is 279 g/mol. The van der Waals surface area contributed by atoms with Crippen LogP contribution in [-0.2, 0) is 20.7 Å². The minimum Gasteiger partial charge on any atom is -0.508 e. The molecule has 110 valence electrons. The maximum Gasteiger partial charge on any atom is 0.224 e. The molecule has 0 aromatic heterocycles. The van der Waals surface area contributed by atoms with E-state index in [1.165, 1.54) is 0 Å². The van der Waals surface area contributed by atoms with Gasteiger partial charge in [0.15, 0.2) is 0 Å². The van der Waals surface area contributed by atoms with Crippen LogP contribution < -0.4 is 5.32 Å². The summed E-state index contributed by atoms with van der Waals surface area (Å²) < 4.78 is 10.8. The van der Waals surface area contributed by atoms with Gasteiger partial charge in [0.2, 0.25) is 5.91 Å². The smallest absolute Gasteiger partial charge is 0.224 e. The van der Waals surface area contributed by atoms with E-state index in [-0.39, 0.29) is 18.1 Å². The number of amides is 1. The molecule has 1 atom stereocenters. The Hall–Kier alpha value is -1.59. The van der Waals surface area contributed by atoms with E-state index in [2.05, 4.69) is 5.32 Å². The van der Waals surface area contributed by atoms with E-state index in [0.29, 0.717) is 31.2 Å². The average Bonchev–Trinajstić information content (AvgIpc) is 2.94. The Morgan fingerprint density at radius 3 is 3.05 bits per heavy atom. The maximum absolute atomic E-state index is 11.7. The normalized spacial score (nSPS) is 18.1. The first-order valence-corrected chi connectivity index (χ1v) is 6.95. The number of nitrogens with one attached hydrogen (secondary N) is 1. The van der Waals surface area contributed by atoms with E-state index >= 15 is 0 Å². The lowest BCUT2D eigenvalue weighted by atomic mass is 10.1. The molecule has 5 nitrogen and oxygen atoms in total. The Morgan fingerprint density at radius 2 is 2.30 bits per heavy atom. The van der Waals surface area contributed by atoms with Crippen molar-refractivity contribution in [2.24, 2.45) is 5.92 Å². The Bertz CT molecular complexity index is 430. The molecule has 1 aromatic rings. The standard InChI is InChI=1S/C15H21NO4/c17-14-4-2-1-3-13(14)9-15(18)16-6-8-20-11-12-5-7-19-10-12/h1-4,12,17H,5-11H2,(H,16,18)/t12-/m1/s1. The Kier molecular flexibility index (Phi) is 5.83. The van der Waals surface area contributed by atoms with Crippen LogP contribution in [0.5, 0.6) is 5.75 Å². The topological polar surface area (TPSA) is 67.8 Å². The largest absolute Gasteiger partial charge is 0.508 e. The second-order valence-electron chi connectivity index (χ2n) is 4.96. The predicted molar refractivity (Wildman–Crippen MR) is 74.6 cm³/mol. The SMILES string of the molecule is O=C(Cc1ccccc1O)NCCOC[C@@H]1CCOC1. The van der Waals surface area contributed by atoms with Crippen LogP contribution in [0.3, 0.4) is 0 Å². The van der Waals surface area contributed by atoms with Crippen molar-refractivity contribution in [3.8, 4) is 5.75 Å². The molecular weight excluding hydrogens is 258 g/mol. The number of phenols is 1. The Labute approximate surface area is 118 Å². The number of hydrogen-bond acceptors (Lipinski definition) is 4. The van der Waals surface area contributed by atoms with Crippen molar-refractivity contribution in [2.45, 2.75) is 12.8 Å². The van der Waals surface area contributed by atoms with E-state index in [1.807, 2.05) is 0 Å². The second-order valence-corrected chi connectivity index (χ2v) is 4.96. The van der Waals surface area contributed by atoms with Crippen molar-refractivity contribution in [3.63, 3.8) is 0 Å². The Balaban J connectivity index is 1.57. The number of benzene rings is 1. The predicted octanol–water partition coefficient (Wildman–Crippen LogP) is 1.10. The van der Waals surface area contributed by atoms with Gasteiger partial charge in [0.1, 0.15) is 5.75 Å². The van der Waals surface area contributed by atoms with E-state index in [0.717, 1.165) is 19.6 Å². The minimum absolute atomic E-state index is 0.112. The molecule has 0 unspecified atom stereocenters. The number of phenolic OH excluding ortho intramolecular Hbond substituents is 1. The number of aromatic hydroxyl groups is 1. The molecule has 20 heavy (non-hydrogen) atoms. The van der Waals surface area contributed by atoms with Gasteiger partial charge in [-0.2, -0.15) is 0 Å². The lowest BCUT2D eigenvalue weighted by Gasteiger charge is -2.10. The van der Waals surface area contributed by atoms with Crippen molar-refractivity contribution in [3.05, 3.63) is 29.8 Å². The van der Waals surface area contributed by atoms with Gasteiger partial charge >= 0.3 is 0 Å². The van der Waals surface area contributed by atoms with Gasteiger partial charge in [-0.3, -0.25) is 4.79 Å². The zero-order valence-corrected chi connectivity index (χ0v) is 11.5. The number of rotatable bonds is 7. The molecule has 0 radical (unpaired) electrons. The summed E-state index contributed by atoms with van der Waals surface area (Å²) in [6.07, 6.45) is 1.24. The molecule has 5 heteroatoms. The molecule has 1 amide bonds. The van der Waals surface area contributed by atoms with Crippen molar-refractivity contribution < 1.29 is 19.4 Å². The quantitative estimate of drug-likeness (QED) is 0.734. The molecule has 0 spiro atoms. The van der Waals surface area contributed by atoms with E-state index in [4.69, 9.17) is 9.47 Å². The van der Waals surface area contributed by atoms with Gasteiger partial charge in [0.25, 0.3) is 0 Å². The zero-order valence-electron chi connectivity index (χ0n) is 11.5. The highest BCUT2D eigenvalue weighted by atomic mass is 16.5. The number of ether oxygens (including phenoxy) is 2. The van der Waals surface area contributed by atoms with Gasteiger partial charge in [-0.1, -0.05) is 18.2 Å². The van der Waals surface area contributed by atoms with Crippen LogP contribution in [0.2, 0.25) is 0 Å². The second kappa shape index (κ2) is 7.87. The summed E-state index contributed by atoms with van der Waals surface area (Å²) in [6.45, 7) is 3.28. The highest BCUT2D eigenvalue weighted by molar-refractivity contribution is 5.79. The summed E-state index contributed by atoms with van der Waals surface area (Å²) in [7, 11) is 0. The molecule has 0 aliphatic carbocycles. The van der Waals surface area contributed by atoms with Gasteiger partial charge in [0, 0.05) is 24.6 Å². The van der Waals surface area contributed by atoms with E-state index in [1.54, 1.807) is 24.3 Å². The molecule has 1 aliphatic rings. The molecular formula is C15H21NO4.